The zero-order valence-electron chi connectivity index (χ0n) is 27.1. The molecule has 1 aromatic carbocycles. The third kappa shape index (κ3) is 5.96. The highest BCUT2D eigenvalue weighted by Gasteiger charge is 2.56. The van der Waals surface area contributed by atoms with Crippen molar-refractivity contribution >= 4 is 27.5 Å². The van der Waals surface area contributed by atoms with Crippen LogP contribution < -0.4 is 16.0 Å². The van der Waals surface area contributed by atoms with E-state index in [-0.39, 0.29) is 48.8 Å². The van der Waals surface area contributed by atoms with Crippen LogP contribution in [0, 0.1) is 6.92 Å². The number of esters is 1. The van der Waals surface area contributed by atoms with E-state index in [1.165, 1.54) is 27.8 Å². The molecule has 0 spiro atoms. The number of rotatable bonds is 10. The molecule has 1 saturated carbocycles. The van der Waals surface area contributed by atoms with Crippen LogP contribution in [-0.2, 0) is 31.1 Å². The number of hydrogen-bond donors (Lipinski definition) is 0. The first-order valence-corrected chi connectivity index (χ1v) is 16.9. The second kappa shape index (κ2) is 12.2. The average Bonchev–Trinajstić information content (AvgIpc) is 3.30. The summed E-state index contributed by atoms with van der Waals surface area (Å²) in [4.78, 5) is 44.3. The lowest BCUT2D eigenvalue weighted by atomic mass is 10.0. The minimum Gasteiger partial charge on any atom is -0.458 e. The molecule has 7 rings (SSSR count). The molecule has 4 aromatic rings. The van der Waals surface area contributed by atoms with Gasteiger partial charge >= 0.3 is 18.3 Å². The van der Waals surface area contributed by atoms with Crippen molar-refractivity contribution in [1.29, 1.82) is 0 Å². The second-order valence-corrected chi connectivity index (χ2v) is 14.7. The quantitative estimate of drug-likeness (QED) is 0.212. The van der Waals surface area contributed by atoms with Crippen LogP contribution in [0.4, 0.5) is 8.78 Å². The highest BCUT2D eigenvalue weighted by molar-refractivity contribution is 7.21. The summed E-state index contributed by atoms with van der Waals surface area (Å²) < 4.78 is 53.0. The number of ether oxygens (including phenoxy) is 4. The first-order valence-electron chi connectivity index (χ1n) is 16.1. The van der Waals surface area contributed by atoms with Crippen molar-refractivity contribution in [2.75, 3.05) is 0 Å². The fourth-order valence-electron chi connectivity index (χ4n) is 6.88. The Hall–Kier alpha value is -3.95. The zero-order valence-corrected chi connectivity index (χ0v) is 27.9. The lowest BCUT2D eigenvalue weighted by Crippen LogP contribution is -2.50. The van der Waals surface area contributed by atoms with E-state index < -0.39 is 41.1 Å². The molecule has 15 heteroatoms. The summed E-state index contributed by atoms with van der Waals surface area (Å²) in [6, 6.07) is 6.34. The van der Waals surface area contributed by atoms with E-state index >= 15 is 0 Å². The lowest BCUT2D eigenvalue weighted by Gasteiger charge is -2.32. The summed E-state index contributed by atoms with van der Waals surface area (Å²) in [6.45, 7) is 3.66. The number of hydrogen-bond acceptors (Lipinski definition) is 10. The number of aromatic nitrogens is 5. The molecule has 0 radical (unpaired) electrons. The van der Waals surface area contributed by atoms with Crippen LogP contribution in [0.25, 0.3) is 15.2 Å². The number of carbonyl (C=O) groups excluding carboxylic acids is 1. The number of fused-ring (bicyclic) bond motifs is 3. The van der Waals surface area contributed by atoms with Crippen LogP contribution in [0.3, 0.4) is 0 Å². The molecule has 3 fully saturated rings. The largest absolute Gasteiger partial charge is 0.458 e. The molecule has 256 valence electrons. The molecule has 3 aromatic heterocycles. The molecule has 0 unspecified atom stereocenters. The van der Waals surface area contributed by atoms with Crippen LogP contribution in [-0.4, -0.2) is 60.6 Å². The molecule has 5 heterocycles. The van der Waals surface area contributed by atoms with Crippen LogP contribution in [0.15, 0.2) is 46.2 Å². The molecule has 2 saturated heterocycles. The highest BCUT2D eigenvalue weighted by Crippen LogP contribution is 2.45. The van der Waals surface area contributed by atoms with Crippen molar-refractivity contribution < 1.29 is 32.5 Å². The lowest BCUT2D eigenvalue weighted by molar-refractivity contribution is -0.161. The topological polar surface area (TPSA) is 129 Å². The Balaban J connectivity index is 1.41. The van der Waals surface area contributed by atoms with Gasteiger partial charge < -0.3 is 18.9 Å². The van der Waals surface area contributed by atoms with Gasteiger partial charge in [0.05, 0.1) is 42.6 Å². The minimum absolute atomic E-state index is 0.0333. The van der Waals surface area contributed by atoms with Gasteiger partial charge in [0.2, 0.25) is 0 Å². The summed E-state index contributed by atoms with van der Waals surface area (Å²) >= 11 is 1.15. The Bertz CT molecular complexity index is 1950. The van der Waals surface area contributed by atoms with Gasteiger partial charge in [0.25, 0.3) is 5.56 Å². The summed E-state index contributed by atoms with van der Waals surface area (Å²) in [5, 5.41) is 9.22. The van der Waals surface area contributed by atoms with Crippen molar-refractivity contribution in [3.8, 4) is 10.8 Å². The third-order valence-electron chi connectivity index (χ3n) is 9.15. The SMILES string of the molecule is Cc1c(-n2nccn2)sc2c1c(=O)n(C1(C(=O)OC(C)(C)C)CC1)c(=O)n2C[C@H](O[C@H]1C[C@H]2CC[C@@H](C1)O2)c1ccccc1OC(F)F. The molecule has 12 nitrogen and oxygen atoms in total. The summed E-state index contributed by atoms with van der Waals surface area (Å²) in [5.74, 6) is -0.746. The van der Waals surface area contributed by atoms with Gasteiger partial charge in [-0.15, -0.1) is 4.80 Å². The molecule has 1 aliphatic carbocycles. The normalized spacial score (nSPS) is 22.3. The average molecular weight is 686 g/mol. The van der Waals surface area contributed by atoms with Crippen LogP contribution in [0.5, 0.6) is 5.75 Å². The number of nitrogens with zero attached hydrogens (tertiary/aromatic N) is 5. The first kappa shape index (κ1) is 32.6. The van der Waals surface area contributed by atoms with E-state index in [1.54, 1.807) is 45.9 Å². The van der Waals surface area contributed by atoms with Crippen molar-refractivity contribution in [3.63, 3.8) is 0 Å². The van der Waals surface area contributed by atoms with Gasteiger partial charge in [-0.3, -0.25) is 9.36 Å². The van der Waals surface area contributed by atoms with Gasteiger partial charge in [0.1, 0.15) is 27.3 Å². The van der Waals surface area contributed by atoms with Gasteiger partial charge in [-0.1, -0.05) is 29.5 Å². The molecule has 0 N–H and O–H groups in total. The summed E-state index contributed by atoms with van der Waals surface area (Å²) in [6.07, 6.45) is 5.40. The van der Waals surface area contributed by atoms with E-state index in [1.807, 2.05) is 0 Å². The predicted molar refractivity (Wildman–Crippen MR) is 171 cm³/mol. The monoisotopic (exact) mass is 685 g/mol. The van der Waals surface area contributed by atoms with Crippen molar-refractivity contribution in [2.24, 2.45) is 0 Å². The highest BCUT2D eigenvalue weighted by atomic mass is 32.1. The first-order chi connectivity index (χ1) is 22.8. The number of halogens is 2. The minimum atomic E-state index is -3.09. The summed E-state index contributed by atoms with van der Waals surface area (Å²) in [5.41, 5.74) is -2.84. The summed E-state index contributed by atoms with van der Waals surface area (Å²) in [7, 11) is 0. The molecular formula is C33H37F2N5O7S. The number of aryl methyl sites for hydroxylation is 1. The Morgan fingerprint density at radius 3 is 2.40 bits per heavy atom. The molecule has 3 aliphatic rings. The Labute approximate surface area is 278 Å². The molecule has 0 amide bonds. The maximum absolute atomic E-state index is 14.7. The zero-order chi connectivity index (χ0) is 34.0. The maximum Gasteiger partial charge on any atom is 0.387 e. The van der Waals surface area contributed by atoms with E-state index in [0.717, 1.165) is 28.7 Å². The number of alkyl halides is 2. The Kier molecular flexibility index (Phi) is 8.27. The molecular weight excluding hydrogens is 648 g/mol. The van der Waals surface area contributed by atoms with Gasteiger partial charge in [-0.05, 0) is 72.3 Å². The molecule has 48 heavy (non-hydrogen) atoms. The fraction of sp³-hybridized carbons (Fsp3) is 0.545. The second-order valence-electron chi connectivity index (χ2n) is 13.7. The fourth-order valence-corrected chi connectivity index (χ4v) is 8.10. The van der Waals surface area contributed by atoms with Crippen LogP contribution in [0.1, 0.15) is 76.5 Å². The predicted octanol–water partition coefficient (Wildman–Crippen LogP) is 5.01. The van der Waals surface area contributed by atoms with E-state index in [4.69, 9.17) is 18.9 Å². The number of carbonyl (C=O) groups is 1. The van der Waals surface area contributed by atoms with Gasteiger partial charge in [-0.25, -0.2) is 14.2 Å². The van der Waals surface area contributed by atoms with Gasteiger partial charge in [-0.2, -0.15) is 19.0 Å². The van der Waals surface area contributed by atoms with E-state index in [9.17, 15) is 23.2 Å². The van der Waals surface area contributed by atoms with Gasteiger partial charge in [0, 0.05) is 11.1 Å². The van der Waals surface area contributed by atoms with Crippen molar-refractivity contribution in [1.82, 2.24) is 24.1 Å². The van der Waals surface area contributed by atoms with E-state index in [2.05, 4.69) is 10.2 Å². The number of benzene rings is 1. The standard InChI is InChI=1S/C33H37F2N5O7S/c1-18-25-26(41)39(33(11-12-33)29(42)47-32(2,3)4)31(43)38(28(25)48-27(18)40-36-13-14-37-40)17-24(22-7-5-6-8-23(22)46-30(34)35)45-21-15-19-9-10-20(16-21)44-19/h5-8,13-14,19-21,24,30H,9-12,15-17H2,1-4H3/t19-,20+,21+,24-/m0/s1. The Morgan fingerprint density at radius 2 is 1.77 bits per heavy atom. The molecule has 2 bridgehead atoms. The van der Waals surface area contributed by atoms with Gasteiger partial charge in [0.15, 0.2) is 5.54 Å². The maximum atomic E-state index is 14.7. The number of para-hydroxylation sites is 1. The molecule has 2 aliphatic heterocycles. The molecule has 4 atom stereocenters. The third-order valence-corrected chi connectivity index (χ3v) is 10.4. The number of thiophene rings is 1. The van der Waals surface area contributed by atoms with Crippen molar-refractivity contribution in [3.05, 3.63) is 68.6 Å². The van der Waals surface area contributed by atoms with Crippen LogP contribution >= 0.6 is 11.3 Å². The smallest absolute Gasteiger partial charge is 0.387 e. The Morgan fingerprint density at radius 1 is 1.10 bits per heavy atom. The van der Waals surface area contributed by atoms with Crippen molar-refractivity contribution in [2.45, 2.75) is 115 Å². The van der Waals surface area contributed by atoms with E-state index in [0.29, 0.717) is 33.8 Å². The van der Waals surface area contributed by atoms with Crippen LogP contribution in [0.2, 0.25) is 0 Å².